The van der Waals surface area contributed by atoms with Crippen LogP contribution in [-0.2, 0) is 20.9 Å². The second-order valence-corrected chi connectivity index (χ2v) is 4.70. The van der Waals surface area contributed by atoms with Crippen LogP contribution >= 0.6 is 0 Å². The summed E-state index contributed by atoms with van der Waals surface area (Å²) in [6, 6.07) is 9.25. The van der Waals surface area contributed by atoms with E-state index < -0.39 is 12.1 Å². The minimum atomic E-state index is -0.956. The maximum Gasteiger partial charge on any atom is 0.407 e. The van der Waals surface area contributed by atoms with Gasteiger partial charge >= 0.3 is 12.1 Å². The third kappa shape index (κ3) is 7.28. The number of hydrogen-bond acceptors (Lipinski definition) is 4. The molecule has 0 radical (unpaired) electrons. The Hall–Kier alpha value is -2.57. The summed E-state index contributed by atoms with van der Waals surface area (Å²) < 4.78 is 5.00. The smallest absolute Gasteiger partial charge is 0.407 e. The molecule has 0 heterocycles. The Balaban J connectivity index is 2.16. The number of nitrogens with zero attached hydrogens (tertiary/aromatic N) is 1. The third-order valence-corrected chi connectivity index (χ3v) is 2.91. The molecule has 0 unspecified atom stereocenters. The minimum absolute atomic E-state index is 0.0938. The molecule has 0 spiro atoms. The summed E-state index contributed by atoms with van der Waals surface area (Å²) in [4.78, 5) is 34.8. The second-order valence-electron chi connectivity index (χ2n) is 4.70. The molecule has 0 atom stereocenters. The molecular weight excluding hydrogens is 288 g/mol. The number of rotatable bonds is 8. The normalized spacial score (nSPS) is 9.86. The summed E-state index contributed by atoms with van der Waals surface area (Å²) in [5.74, 6) is -1.19. The van der Waals surface area contributed by atoms with Crippen molar-refractivity contribution in [2.24, 2.45) is 0 Å². The number of amides is 2. The van der Waals surface area contributed by atoms with Crippen molar-refractivity contribution >= 4 is 18.0 Å². The van der Waals surface area contributed by atoms with Crippen LogP contribution in [0.4, 0.5) is 4.79 Å². The number of aliphatic carboxylic acids is 1. The first-order chi connectivity index (χ1) is 10.5. The van der Waals surface area contributed by atoms with Crippen LogP contribution in [0.15, 0.2) is 30.3 Å². The predicted octanol–water partition coefficient (Wildman–Crippen LogP) is 1.24. The van der Waals surface area contributed by atoms with Gasteiger partial charge in [0.25, 0.3) is 0 Å². The summed E-state index contributed by atoms with van der Waals surface area (Å²) >= 11 is 0. The summed E-state index contributed by atoms with van der Waals surface area (Å²) in [7, 11) is 1.53. The van der Waals surface area contributed by atoms with E-state index >= 15 is 0 Å². The maximum atomic E-state index is 11.7. The van der Waals surface area contributed by atoms with E-state index in [4.69, 9.17) is 9.84 Å². The van der Waals surface area contributed by atoms with Gasteiger partial charge in [-0.05, 0) is 5.56 Å². The van der Waals surface area contributed by atoms with Gasteiger partial charge in [-0.1, -0.05) is 30.3 Å². The number of nitrogens with one attached hydrogen (secondary N) is 1. The summed E-state index contributed by atoms with van der Waals surface area (Å²) in [5.41, 5.74) is 0.877. The van der Waals surface area contributed by atoms with Crippen molar-refractivity contribution in [2.45, 2.75) is 19.4 Å². The Bertz CT molecular complexity index is 504. The van der Waals surface area contributed by atoms with Crippen molar-refractivity contribution < 1.29 is 24.2 Å². The van der Waals surface area contributed by atoms with E-state index in [1.807, 2.05) is 30.3 Å². The van der Waals surface area contributed by atoms with Crippen LogP contribution in [-0.4, -0.2) is 48.1 Å². The Morgan fingerprint density at radius 2 is 1.86 bits per heavy atom. The van der Waals surface area contributed by atoms with E-state index in [-0.39, 0.29) is 38.4 Å². The summed E-state index contributed by atoms with van der Waals surface area (Å²) in [6.45, 7) is 0.454. The molecule has 0 aliphatic rings. The standard InChI is InChI=1S/C15H20N2O5/c1-17(10-8-14(19)20)13(18)7-9-16-15(21)22-11-12-5-3-2-4-6-12/h2-6H,7-11H2,1H3,(H,16,21)(H,19,20). The van der Waals surface area contributed by atoms with E-state index in [0.29, 0.717) is 0 Å². The van der Waals surface area contributed by atoms with Crippen LogP contribution in [0.25, 0.3) is 0 Å². The number of hydrogen-bond donors (Lipinski definition) is 2. The van der Waals surface area contributed by atoms with Gasteiger partial charge in [0.2, 0.25) is 5.91 Å². The highest BCUT2D eigenvalue weighted by Crippen LogP contribution is 2.00. The van der Waals surface area contributed by atoms with Crippen molar-refractivity contribution in [3.8, 4) is 0 Å². The molecule has 0 fully saturated rings. The van der Waals surface area contributed by atoms with Gasteiger partial charge in [-0.25, -0.2) is 4.79 Å². The molecule has 0 aliphatic heterocycles. The lowest BCUT2D eigenvalue weighted by Crippen LogP contribution is -2.33. The second kappa shape index (κ2) is 9.38. The molecule has 0 bridgehead atoms. The van der Waals surface area contributed by atoms with Gasteiger partial charge in [0.15, 0.2) is 0 Å². The summed E-state index contributed by atoms with van der Waals surface area (Å²) in [5, 5.41) is 11.0. The number of carbonyl (C=O) groups excluding carboxylic acids is 2. The molecule has 0 saturated carbocycles. The van der Waals surface area contributed by atoms with Crippen LogP contribution in [0.5, 0.6) is 0 Å². The van der Waals surface area contributed by atoms with Crippen LogP contribution in [0.2, 0.25) is 0 Å². The Morgan fingerprint density at radius 3 is 2.50 bits per heavy atom. The molecule has 2 amide bonds. The molecule has 120 valence electrons. The fourth-order valence-electron chi connectivity index (χ4n) is 1.62. The minimum Gasteiger partial charge on any atom is -0.481 e. The van der Waals surface area contributed by atoms with Gasteiger partial charge in [0, 0.05) is 26.6 Å². The molecule has 1 aromatic rings. The average molecular weight is 308 g/mol. The molecule has 7 nitrogen and oxygen atoms in total. The Labute approximate surface area is 128 Å². The molecule has 22 heavy (non-hydrogen) atoms. The monoisotopic (exact) mass is 308 g/mol. The van der Waals surface area contributed by atoms with E-state index in [9.17, 15) is 14.4 Å². The zero-order chi connectivity index (χ0) is 16.4. The lowest BCUT2D eigenvalue weighted by Gasteiger charge is -2.16. The molecule has 2 N–H and O–H groups in total. The van der Waals surface area contributed by atoms with Crippen LogP contribution in [0.1, 0.15) is 18.4 Å². The highest BCUT2D eigenvalue weighted by Gasteiger charge is 2.11. The quantitative estimate of drug-likeness (QED) is 0.753. The first-order valence-corrected chi connectivity index (χ1v) is 6.89. The number of alkyl carbamates (subject to hydrolysis) is 1. The lowest BCUT2D eigenvalue weighted by atomic mass is 10.2. The third-order valence-electron chi connectivity index (χ3n) is 2.91. The van der Waals surface area contributed by atoms with Gasteiger partial charge in [0.05, 0.1) is 6.42 Å². The van der Waals surface area contributed by atoms with Crippen molar-refractivity contribution in [3.63, 3.8) is 0 Å². The lowest BCUT2D eigenvalue weighted by molar-refractivity contribution is -0.138. The molecule has 7 heteroatoms. The summed E-state index contributed by atoms with van der Waals surface area (Å²) in [6.07, 6.45) is -0.601. The Kier molecular flexibility index (Phi) is 7.45. The van der Waals surface area contributed by atoms with Gasteiger partial charge in [-0.15, -0.1) is 0 Å². The zero-order valence-electron chi connectivity index (χ0n) is 12.4. The SMILES string of the molecule is CN(CCC(=O)O)C(=O)CCNC(=O)OCc1ccccc1. The molecule has 0 aromatic heterocycles. The average Bonchev–Trinajstić information content (AvgIpc) is 2.51. The number of carboxylic acids is 1. The van der Waals surface area contributed by atoms with E-state index in [2.05, 4.69) is 5.32 Å². The molecular formula is C15H20N2O5. The maximum absolute atomic E-state index is 11.7. The number of carbonyl (C=O) groups is 3. The van der Waals surface area contributed by atoms with Crippen molar-refractivity contribution in [3.05, 3.63) is 35.9 Å². The topological polar surface area (TPSA) is 95.9 Å². The highest BCUT2D eigenvalue weighted by atomic mass is 16.5. The van der Waals surface area contributed by atoms with E-state index in [0.717, 1.165) is 5.56 Å². The first-order valence-electron chi connectivity index (χ1n) is 6.89. The molecule has 1 rings (SSSR count). The number of ether oxygens (including phenoxy) is 1. The molecule has 1 aromatic carbocycles. The van der Waals surface area contributed by atoms with E-state index in [1.165, 1.54) is 11.9 Å². The highest BCUT2D eigenvalue weighted by molar-refractivity contribution is 5.77. The van der Waals surface area contributed by atoms with E-state index in [1.54, 1.807) is 0 Å². The van der Waals surface area contributed by atoms with Crippen molar-refractivity contribution in [1.29, 1.82) is 0 Å². The Morgan fingerprint density at radius 1 is 1.18 bits per heavy atom. The van der Waals surface area contributed by atoms with Crippen LogP contribution in [0.3, 0.4) is 0 Å². The largest absolute Gasteiger partial charge is 0.481 e. The van der Waals surface area contributed by atoms with Gasteiger partial charge in [0.1, 0.15) is 6.61 Å². The first kappa shape index (κ1) is 17.5. The number of benzene rings is 1. The van der Waals surface area contributed by atoms with Gasteiger partial charge in [-0.2, -0.15) is 0 Å². The van der Waals surface area contributed by atoms with Gasteiger partial charge in [-0.3, -0.25) is 9.59 Å². The fourth-order valence-corrected chi connectivity index (χ4v) is 1.62. The molecule has 0 saturated heterocycles. The van der Waals surface area contributed by atoms with Crippen molar-refractivity contribution in [1.82, 2.24) is 10.2 Å². The van der Waals surface area contributed by atoms with Crippen LogP contribution < -0.4 is 5.32 Å². The van der Waals surface area contributed by atoms with Crippen LogP contribution in [0, 0.1) is 0 Å². The zero-order valence-corrected chi connectivity index (χ0v) is 12.4. The number of carboxylic acid groups (broad SMARTS) is 1. The van der Waals surface area contributed by atoms with Crippen molar-refractivity contribution in [2.75, 3.05) is 20.1 Å². The fraction of sp³-hybridized carbons (Fsp3) is 0.400. The molecule has 0 aliphatic carbocycles. The van der Waals surface area contributed by atoms with Gasteiger partial charge < -0.3 is 20.1 Å². The predicted molar refractivity (Wildman–Crippen MR) is 79.1 cm³/mol.